The predicted molar refractivity (Wildman–Crippen MR) is 50.9 cm³/mol. The Bertz CT molecular complexity index is 186. The summed E-state index contributed by atoms with van der Waals surface area (Å²) in [6.45, 7) is 6.64. The summed E-state index contributed by atoms with van der Waals surface area (Å²) in [5.41, 5.74) is 0. The molecule has 0 atom stereocenters. The highest BCUT2D eigenvalue weighted by atomic mass is 28.4. The molecule has 0 aromatic rings. The van der Waals surface area contributed by atoms with Crippen LogP contribution in [0.25, 0.3) is 0 Å². The molecule has 11 heavy (non-hydrogen) atoms. The minimum absolute atomic E-state index is 1.08. The van der Waals surface area contributed by atoms with Crippen molar-refractivity contribution in [3.8, 4) is 0 Å². The van der Waals surface area contributed by atoms with E-state index in [1.54, 1.807) is 0 Å². The second-order valence-corrected chi connectivity index (χ2v) is 8.24. The van der Waals surface area contributed by atoms with Gasteiger partial charge in [-0.1, -0.05) is 12.2 Å². The number of allylic oxidation sites excluding steroid dienone is 4. The zero-order valence-corrected chi connectivity index (χ0v) is 8.55. The van der Waals surface area contributed by atoms with E-state index in [0.717, 1.165) is 12.8 Å². The van der Waals surface area contributed by atoms with Crippen LogP contribution in [0.4, 0.5) is 0 Å². The molecule has 1 aliphatic carbocycles. The Labute approximate surface area is 69.9 Å². The molecule has 0 fully saturated rings. The van der Waals surface area contributed by atoms with Gasteiger partial charge in [-0.15, -0.1) is 0 Å². The van der Waals surface area contributed by atoms with Gasteiger partial charge in [0, 0.05) is 6.42 Å². The second-order valence-electron chi connectivity index (χ2n) is 3.81. The van der Waals surface area contributed by atoms with Crippen molar-refractivity contribution in [2.45, 2.75) is 32.5 Å². The summed E-state index contributed by atoms with van der Waals surface area (Å²) in [7, 11) is -1.35. The molecule has 0 aromatic heterocycles. The third kappa shape index (κ3) is 3.42. The fourth-order valence-electron chi connectivity index (χ4n) is 1.06. The van der Waals surface area contributed by atoms with Gasteiger partial charge in [-0.05, 0) is 32.1 Å². The van der Waals surface area contributed by atoms with E-state index in [1.165, 1.54) is 5.76 Å². The van der Waals surface area contributed by atoms with Gasteiger partial charge < -0.3 is 4.43 Å². The van der Waals surface area contributed by atoms with Gasteiger partial charge in [0.05, 0.1) is 5.76 Å². The highest BCUT2D eigenvalue weighted by molar-refractivity contribution is 6.70. The van der Waals surface area contributed by atoms with E-state index in [9.17, 15) is 0 Å². The molecule has 0 aliphatic heterocycles. The average molecular weight is 168 g/mol. The molecule has 0 radical (unpaired) electrons. The van der Waals surface area contributed by atoms with Crippen molar-refractivity contribution in [1.82, 2.24) is 0 Å². The van der Waals surface area contributed by atoms with Gasteiger partial charge in [0.1, 0.15) is 0 Å². The maximum absolute atomic E-state index is 5.83. The van der Waals surface area contributed by atoms with E-state index in [0.29, 0.717) is 0 Å². The van der Waals surface area contributed by atoms with E-state index < -0.39 is 8.32 Å². The van der Waals surface area contributed by atoms with Gasteiger partial charge in [-0.2, -0.15) is 0 Å². The molecule has 0 saturated carbocycles. The van der Waals surface area contributed by atoms with E-state index in [-0.39, 0.29) is 0 Å². The molecule has 62 valence electrons. The van der Waals surface area contributed by atoms with Gasteiger partial charge >= 0.3 is 0 Å². The van der Waals surface area contributed by atoms with Crippen LogP contribution in [0.15, 0.2) is 24.0 Å². The maximum Gasteiger partial charge on any atom is 0.241 e. The van der Waals surface area contributed by atoms with Crippen LogP contribution in [0.3, 0.4) is 0 Å². The lowest BCUT2D eigenvalue weighted by Crippen LogP contribution is -2.25. The van der Waals surface area contributed by atoms with Crippen molar-refractivity contribution in [1.29, 1.82) is 0 Å². The molecule has 0 aromatic carbocycles. The summed E-state index contributed by atoms with van der Waals surface area (Å²) in [6, 6.07) is 0. The van der Waals surface area contributed by atoms with Crippen LogP contribution in [-0.4, -0.2) is 8.32 Å². The fraction of sp³-hybridized carbons (Fsp3) is 0.556. The standard InChI is InChI=1S/C9H16OSi/c1-11(2,3)10-9-7-5-4-6-8-9/h4-5,7H,6,8H2,1-3H3. The van der Waals surface area contributed by atoms with Crippen LogP contribution in [0, 0.1) is 0 Å². The number of hydrogen-bond acceptors (Lipinski definition) is 1. The molecule has 1 nitrogen and oxygen atoms in total. The van der Waals surface area contributed by atoms with Crippen LogP contribution in [-0.2, 0) is 4.43 Å². The number of rotatable bonds is 2. The molecule has 0 N–H and O–H groups in total. The van der Waals surface area contributed by atoms with Crippen LogP contribution < -0.4 is 0 Å². The Morgan fingerprint density at radius 1 is 1.36 bits per heavy atom. The largest absolute Gasteiger partial charge is 0.547 e. The minimum Gasteiger partial charge on any atom is -0.547 e. The van der Waals surface area contributed by atoms with E-state index >= 15 is 0 Å². The Morgan fingerprint density at radius 3 is 2.55 bits per heavy atom. The molecule has 0 bridgehead atoms. The second kappa shape index (κ2) is 3.26. The van der Waals surface area contributed by atoms with Crippen molar-refractivity contribution in [2.24, 2.45) is 0 Å². The first-order valence-electron chi connectivity index (χ1n) is 4.13. The zero-order chi connectivity index (χ0) is 8.32. The van der Waals surface area contributed by atoms with E-state index in [2.05, 4.69) is 37.9 Å². The maximum atomic E-state index is 5.83. The molecule has 0 heterocycles. The molecular weight excluding hydrogens is 152 g/mol. The summed E-state index contributed by atoms with van der Waals surface area (Å²) in [6.07, 6.45) is 8.56. The normalized spacial score (nSPS) is 17.9. The summed E-state index contributed by atoms with van der Waals surface area (Å²) in [5.74, 6) is 1.17. The molecule has 0 saturated heterocycles. The van der Waals surface area contributed by atoms with Gasteiger partial charge in [0.25, 0.3) is 0 Å². The smallest absolute Gasteiger partial charge is 0.241 e. The van der Waals surface area contributed by atoms with Crippen molar-refractivity contribution >= 4 is 8.32 Å². The summed E-state index contributed by atoms with van der Waals surface area (Å²) < 4.78 is 5.83. The molecular formula is C9H16OSi. The van der Waals surface area contributed by atoms with Crippen LogP contribution >= 0.6 is 0 Å². The lowest BCUT2D eigenvalue weighted by atomic mass is 10.2. The minimum atomic E-state index is -1.35. The Kier molecular flexibility index (Phi) is 2.55. The van der Waals surface area contributed by atoms with E-state index in [4.69, 9.17) is 4.43 Å². The lowest BCUT2D eigenvalue weighted by molar-refractivity contribution is 0.399. The third-order valence-corrected chi connectivity index (χ3v) is 2.29. The fourth-order valence-corrected chi connectivity index (χ4v) is 2.02. The van der Waals surface area contributed by atoms with Gasteiger partial charge in [0.15, 0.2) is 0 Å². The molecule has 1 aliphatic rings. The topological polar surface area (TPSA) is 9.23 Å². The molecule has 0 amide bonds. The predicted octanol–water partition coefficient (Wildman–Crippen LogP) is 3.07. The molecule has 2 heteroatoms. The first-order valence-corrected chi connectivity index (χ1v) is 7.53. The van der Waals surface area contributed by atoms with Crippen LogP contribution in [0.5, 0.6) is 0 Å². The summed E-state index contributed by atoms with van der Waals surface area (Å²) >= 11 is 0. The Hall–Kier alpha value is -0.503. The van der Waals surface area contributed by atoms with Crippen molar-refractivity contribution in [2.75, 3.05) is 0 Å². The van der Waals surface area contributed by atoms with Gasteiger partial charge in [-0.25, -0.2) is 0 Å². The SMILES string of the molecule is C[Si](C)(C)OC1=CC=CCC1. The molecule has 0 unspecified atom stereocenters. The Balaban J connectivity index is 2.49. The molecule has 0 spiro atoms. The number of hydrogen-bond donors (Lipinski definition) is 0. The van der Waals surface area contributed by atoms with Crippen molar-refractivity contribution in [3.05, 3.63) is 24.0 Å². The zero-order valence-electron chi connectivity index (χ0n) is 7.55. The Morgan fingerprint density at radius 2 is 2.09 bits per heavy atom. The first-order chi connectivity index (χ1) is 5.08. The van der Waals surface area contributed by atoms with Crippen LogP contribution in [0.2, 0.25) is 19.6 Å². The van der Waals surface area contributed by atoms with Gasteiger partial charge in [0.2, 0.25) is 8.32 Å². The van der Waals surface area contributed by atoms with Crippen molar-refractivity contribution in [3.63, 3.8) is 0 Å². The molecule has 1 rings (SSSR count). The van der Waals surface area contributed by atoms with Crippen molar-refractivity contribution < 1.29 is 4.43 Å². The summed E-state index contributed by atoms with van der Waals surface area (Å²) in [5, 5.41) is 0. The lowest BCUT2D eigenvalue weighted by Gasteiger charge is -2.22. The highest BCUT2D eigenvalue weighted by Gasteiger charge is 2.17. The summed E-state index contributed by atoms with van der Waals surface area (Å²) in [4.78, 5) is 0. The van der Waals surface area contributed by atoms with E-state index in [1.807, 2.05) is 0 Å². The average Bonchev–Trinajstić information content (AvgIpc) is 1.85. The third-order valence-electron chi connectivity index (χ3n) is 1.41. The van der Waals surface area contributed by atoms with Gasteiger partial charge in [-0.3, -0.25) is 0 Å². The first kappa shape index (κ1) is 8.59. The monoisotopic (exact) mass is 168 g/mol. The highest BCUT2D eigenvalue weighted by Crippen LogP contribution is 2.18. The quantitative estimate of drug-likeness (QED) is 0.576. The van der Waals surface area contributed by atoms with Crippen LogP contribution in [0.1, 0.15) is 12.8 Å².